The standard InChI is InChI=1S/C18H16ClN3O/c1-11(2)18(23)21-14-6-3-12(4-7-14)17-10-20-16-9-13(19)5-8-15(16)22-17/h3-11H,1-2H3,(H,21,23). The average Bonchev–Trinajstić information content (AvgIpc) is 2.55. The van der Waals surface area contributed by atoms with Crippen molar-refractivity contribution in [2.45, 2.75) is 13.8 Å². The normalized spacial score (nSPS) is 11.0. The van der Waals surface area contributed by atoms with Crippen LogP contribution in [-0.2, 0) is 4.79 Å². The maximum absolute atomic E-state index is 11.7. The molecule has 1 aromatic heterocycles. The molecule has 0 aliphatic carbocycles. The van der Waals surface area contributed by atoms with Crippen molar-refractivity contribution in [2.75, 3.05) is 5.32 Å². The highest BCUT2D eigenvalue weighted by Crippen LogP contribution is 2.22. The fourth-order valence-corrected chi connectivity index (χ4v) is 2.30. The third-order valence-corrected chi connectivity index (χ3v) is 3.71. The van der Waals surface area contributed by atoms with Gasteiger partial charge in [-0.25, -0.2) is 4.98 Å². The Morgan fingerprint density at radius 2 is 1.83 bits per heavy atom. The molecule has 0 atom stereocenters. The molecular formula is C18H16ClN3O. The van der Waals surface area contributed by atoms with Crippen molar-refractivity contribution in [1.82, 2.24) is 9.97 Å². The summed E-state index contributed by atoms with van der Waals surface area (Å²) in [6.45, 7) is 3.72. The van der Waals surface area contributed by atoms with E-state index in [4.69, 9.17) is 11.6 Å². The zero-order valence-electron chi connectivity index (χ0n) is 12.9. The van der Waals surface area contributed by atoms with Crippen LogP contribution in [0.2, 0.25) is 5.02 Å². The smallest absolute Gasteiger partial charge is 0.226 e. The van der Waals surface area contributed by atoms with Gasteiger partial charge in [-0.3, -0.25) is 9.78 Å². The van der Waals surface area contributed by atoms with E-state index in [-0.39, 0.29) is 11.8 Å². The molecule has 23 heavy (non-hydrogen) atoms. The van der Waals surface area contributed by atoms with E-state index in [9.17, 15) is 4.79 Å². The Kier molecular flexibility index (Phi) is 4.26. The van der Waals surface area contributed by atoms with Crippen LogP contribution in [0.5, 0.6) is 0 Å². The molecule has 0 radical (unpaired) electrons. The average molecular weight is 326 g/mol. The number of amides is 1. The predicted molar refractivity (Wildman–Crippen MR) is 93.5 cm³/mol. The van der Waals surface area contributed by atoms with Gasteiger partial charge >= 0.3 is 0 Å². The monoisotopic (exact) mass is 325 g/mol. The van der Waals surface area contributed by atoms with Crippen LogP contribution < -0.4 is 5.32 Å². The minimum atomic E-state index is -0.0483. The highest BCUT2D eigenvalue weighted by molar-refractivity contribution is 6.31. The van der Waals surface area contributed by atoms with Crippen LogP contribution in [0.15, 0.2) is 48.7 Å². The van der Waals surface area contributed by atoms with Crippen molar-refractivity contribution in [3.63, 3.8) is 0 Å². The number of hydrogen-bond donors (Lipinski definition) is 1. The lowest BCUT2D eigenvalue weighted by Crippen LogP contribution is -2.17. The Balaban J connectivity index is 1.87. The summed E-state index contributed by atoms with van der Waals surface area (Å²) >= 11 is 5.95. The third-order valence-electron chi connectivity index (χ3n) is 3.48. The fraction of sp³-hybridized carbons (Fsp3) is 0.167. The van der Waals surface area contributed by atoms with E-state index >= 15 is 0 Å². The number of anilines is 1. The Hall–Kier alpha value is -2.46. The van der Waals surface area contributed by atoms with Crippen molar-refractivity contribution in [3.8, 4) is 11.3 Å². The van der Waals surface area contributed by atoms with E-state index < -0.39 is 0 Å². The van der Waals surface area contributed by atoms with E-state index in [1.54, 1.807) is 18.3 Å². The Labute approximate surface area is 139 Å². The molecule has 1 heterocycles. The van der Waals surface area contributed by atoms with Gasteiger partial charge < -0.3 is 5.32 Å². The highest BCUT2D eigenvalue weighted by Gasteiger charge is 2.08. The summed E-state index contributed by atoms with van der Waals surface area (Å²) in [5, 5.41) is 3.51. The molecule has 4 nitrogen and oxygen atoms in total. The second kappa shape index (κ2) is 6.34. The van der Waals surface area contributed by atoms with Crippen molar-refractivity contribution in [2.24, 2.45) is 5.92 Å². The van der Waals surface area contributed by atoms with E-state index in [1.165, 1.54) is 0 Å². The Morgan fingerprint density at radius 3 is 2.52 bits per heavy atom. The Morgan fingerprint density at radius 1 is 1.09 bits per heavy atom. The lowest BCUT2D eigenvalue weighted by molar-refractivity contribution is -0.118. The molecule has 116 valence electrons. The van der Waals surface area contributed by atoms with Gasteiger partial charge in [-0.15, -0.1) is 0 Å². The van der Waals surface area contributed by atoms with E-state index in [0.717, 1.165) is 28.0 Å². The number of hydrogen-bond acceptors (Lipinski definition) is 3. The fourth-order valence-electron chi connectivity index (χ4n) is 2.13. The molecular weight excluding hydrogens is 310 g/mol. The molecule has 0 saturated carbocycles. The first-order valence-electron chi connectivity index (χ1n) is 7.36. The van der Waals surface area contributed by atoms with Gasteiger partial charge in [0.05, 0.1) is 22.9 Å². The summed E-state index contributed by atoms with van der Waals surface area (Å²) in [6.07, 6.45) is 1.72. The SMILES string of the molecule is CC(C)C(=O)Nc1ccc(-c2cnc3cc(Cl)ccc3n2)cc1. The van der Waals surface area contributed by atoms with E-state index in [2.05, 4.69) is 15.3 Å². The molecule has 0 bridgehead atoms. The Bertz CT molecular complexity index is 860. The van der Waals surface area contributed by atoms with Gasteiger partial charge in [0.2, 0.25) is 5.91 Å². The van der Waals surface area contributed by atoms with Crippen LogP contribution in [0, 0.1) is 5.92 Å². The number of fused-ring (bicyclic) bond motifs is 1. The first-order valence-corrected chi connectivity index (χ1v) is 7.74. The largest absolute Gasteiger partial charge is 0.326 e. The molecule has 1 amide bonds. The number of nitrogens with zero attached hydrogens (tertiary/aromatic N) is 2. The van der Waals surface area contributed by atoms with Crippen molar-refractivity contribution < 1.29 is 4.79 Å². The van der Waals surface area contributed by atoms with Crippen LogP contribution in [0.25, 0.3) is 22.3 Å². The van der Waals surface area contributed by atoms with Crippen LogP contribution in [-0.4, -0.2) is 15.9 Å². The molecule has 0 saturated heterocycles. The third kappa shape index (κ3) is 3.48. The summed E-state index contributed by atoms with van der Waals surface area (Å²) in [4.78, 5) is 20.7. The summed E-state index contributed by atoms with van der Waals surface area (Å²) < 4.78 is 0. The van der Waals surface area contributed by atoms with Gasteiger partial charge in [-0.2, -0.15) is 0 Å². The van der Waals surface area contributed by atoms with Crippen molar-refractivity contribution in [1.29, 1.82) is 0 Å². The maximum atomic E-state index is 11.7. The van der Waals surface area contributed by atoms with Crippen LogP contribution in [0.4, 0.5) is 5.69 Å². The molecule has 5 heteroatoms. The number of rotatable bonds is 3. The zero-order chi connectivity index (χ0) is 16.4. The minimum Gasteiger partial charge on any atom is -0.326 e. The van der Waals surface area contributed by atoms with Crippen LogP contribution in [0.1, 0.15) is 13.8 Å². The second-order valence-corrected chi connectivity index (χ2v) is 6.05. The van der Waals surface area contributed by atoms with E-state index in [1.807, 2.05) is 44.2 Å². The number of nitrogens with one attached hydrogen (secondary N) is 1. The number of halogens is 1. The molecule has 2 aromatic carbocycles. The second-order valence-electron chi connectivity index (χ2n) is 5.61. The summed E-state index contributed by atoms with van der Waals surface area (Å²) in [6, 6.07) is 13.0. The van der Waals surface area contributed by atoms with Gasteiger partial charge in [0.15, 0.2) is 0 Å². The van der Waals surface area contributed by atoms with Gasteiger partial charge in [-0.1, -0.05) is 37.6 Å². The number of aromatic nitrogens is 2. The first-order chi connectivity index (χ1) is 11.0. The van der Waals surface area contributed by atoms with Gasteiger partial charge in [0, 0.05) is 22.2 Å². The van der Waals surface area contributed by atoms with Gasteiger partial charge in [0.1, 0.15) is 0 Å². The number of carbonyl (C=O) groups is 1. The first kappa shape index (κ1) is 15.4. The molecule has 0 fully saturated rings. The number of benzene rings is 2. The summed E-state index contributed by atoms with van der Waals surface area (Å²) in [5.74, 6) is -0.0482. The quantitative estimate of drug-likeness (QED) is 0.769. The maximum Gasteiger partial charge on any atom is 0.226 e. The lowest BCUT2D eigenvalue weighted by Gasteiger charge is -2.08. The van der Waals surface area contributed by atoms with Crippen LogP contribution in [0.3, 0.4) is 0 Å². The zero-order valence-corrected chi connectivity index (χ0v) is 13.6. The highest BCUT2D eigenvalue weighted by atomic mass is 35.5. The summed E-state index contributed by atoms with van der Waals surface area (Å²) in [7, 11) is 0. The molecule has 0 aliphatic heterocycles. The molecule has 3 aromatic rings. The van der Waals surface area contributed by atoms with Gasteiger partial charge in [-0.05, 0) is 30.3 Å². The molecule has 0 spiro atoms. The van der Waals surface area contributed by atoms with E-state index in [0.29, 0.717) is 5.02 Å². The topological polar surface area (TPSA) is 54.9 Å². The summed E-state index contributed by atoms with van der Waals surface area (Å²) in [5.41, 5.74) is 4.05. The molecule has 0 aliphatic rings. The van der Waals surface area contributed by atoms with Crippen LogP contribution >= 0.6 is 11.6 Å². The molecule has 1 N–H and O–H groups in total. The van der Waals surface area contributed by atoms with Crippen molar-refractivity contribution >= 4 is 34.2 Å². The molecule has 0 unspecified atom stereocenters. The predicted octanol–water partition coefficient (Wildman–Crippen LogP) is 4.54. The lowest BCUT2D eigenvalue weighted by atomic mass is 10.1. The van der Waals surface area contributed by atoms with Gasteiger partial charge in [0.25, 0.3) is 0 Å². The van der Waals surface area contributed by atoms with Crippen molar-refractivity contribution in [3.05, 3.63) is 53.7 Å². The molecule has 3 rings (SSSR count). The number of carbonyl (C=O) groups excluding carboxylic acids is 1. The minimum absolute atomic E-state index is 0.000116.